The van der Waals surface area contributed by atoms with Crippen LogP contribution in [0.2, 0.25) is 0 Å². The van der Waals surface area contributed by atoms with Gasteiger partial charge in [-0.3, -0.25) is 9.47 Å². The average molecular weight is 343 g/mol. The first-order chi connectivity index (χ1) is 9.13. The van der Waals surface area contributed by atoms with Crippen LogP contribution < -0.4 is 5.69 Å². The van der Waals surface area contributed by atoms with Crippen molar-refractivity contribution in [3.05, 3.63) is 37.1 Å². The van der Waals surface area contributed by atoms with E-state index in [9.17, 15) is 4.79 Å². The van der Waals surface area contributed by atoms with E-state index in [1.807, 2.05) is 0 Å². The van der Waals surface area contributed by atoms with Crippen LogP contribution in [0.4, 0.5) is 0 Å². The van der Waals surface area contributed by atoms with Crippen molar-refractivity contribution in [2.75, 3.05) is 13.1 Å². The van der Waals surface area contributed by atoms with E-state index in [4.69, 9.17) is 0 Å². The van der Waals surface area contributed by atoms with E-state index in [0.717, 1.165) is 38.4 Å². The highest BCUT2D eigenvalue weighted by molar-refractivity contribution is 9.11. The number of aromatic nitrogens is 3. The Kier molecular flexibility index (Phi) is 3.60. The first-order valence-electron chi connectivity index (χ1n) is 6.23. The lowest BCUT2D eigenvalue weighted by molar-refractivity contribution is 0.272. The van der Waals surface area contributed by atoms with Crippen molar-refractivity contribution in [3.8, 4) is 0 Å². The molecule has 102 valence electrons. The van der Waals surface area contributed by atoms with Crippen LogP contribution in [0.5, 0.6) is 0 Å². The first-order valence-corrected chi connectivity index (χ1v) is 7.84. The Morgan fingerprint density at radius 1 is 1.37 bits per heavy atom. The zero-order valence-electron chi connectivity index (χ0n) is 10.7. The van der Waals surface area contributed by atoms with Crippen molar-refractivity contribution >= 4 is 27.3 Å². The molecule has 0 N–H and O–H groups in total. The summed E-state index contributed by atoms with van der Waals surface area (Å²) in [6, 6.07) is 4.23. The third-order valence-corrected chi connectivity index (χ3v) is 4.99. The molecule has 0 amide bonds. The normalized spacial score (nSPS) is 16.3. The molecule has 0 bridgehead atoms. The summed E-state index contributed by atoms with van der Waals surface area (Å²) in [7, 11) is 1.71. The fourth-order valence-corrected chi connectivity index (χ4v) is 3.92. The molecule has 0 spiro atoms. The second-order valence-corrected chi connectivity index (χ2v) is 7.25. The van der Waals surface area contributed by atoms with Crippen LogP contribution in [0, 0.1) is 0 Å². The van der Waals surface area contributed by atoms with Gasteiger partial charge in [-0.1, -0.05) is 0 Å². The minimum Gasteiger partial charge on any atom is -0.296 e. The molecule has 0 aliphatic carbocycles. The highest BCUT2D eigenvalue weighted by Crippen LogP contribution is 2.23. The molecule has 0 unspecified atom stereocenters. The summed E-state index contributed by atoms with van der Waals surface area (Å²) in [5.74, 6) is 0.905. The lowest BCUT2D eigenvalue weighted by Gasteiger charge is -2.18. The van der Waals surface area contributed by atoms with Gasteiger partial charge < -0.3 is 0 Å². The number of fused-ring (bicyclic) bond motifs is 1. The highest BCUT2D eigenvalue weighted by Gasteiger charge is 2.18. The van der Waals surface area contributed by atoms with Gasteiger partial charge in [0.1, 0.15) is 5.82 Å². The standard InChI is InChI=1S/C12H15BrN4OS/c1-15-12(18)17-7-6-16(5-4-11(17)14-15)8-9-2-3-10(13)19-9/h2-3H,4-8H2,1H3. The second-order valence-electron chi connectivity index (χ2n) is 4.71. The molecule has 2 aromatic rings. The molecule has 0 atom stereocenters. The van der Waals surface area contributed by atoms with E-state index < -0.39 is 0 Å². The Bertz CT molecular complexity index is 644. The Balaban J connectivity index is 1.72. The summed E-state index contributed by atoms with van der Waals surface area (Å²) in [4.78, 5) is 15.6. The fourth-order valence-electron chi connectivity index (χ4n) is 2.39. The lowest BCUT2D eigenvalue weighted by atomic mass is 10.3. The van der Waals surface area contributed by atoms with Gasteiger partial charge in [0, 0.05) is 44.5 Å². The zero-order valence-corrected chi connectivity index (χ0v) is 13.1. The van der Waals surface area contributed by atoms with Crippen LogP contribution in [0.3, 0.4) is 0 Å². The maximum atomic E-state index is 11.9. The second kappa shape index (κ2) is 5.22. The molecule has 0 aromatic carbocycles. The van der Waals surface area contributed by atoms with Crippen LogP contribution in [-0.2, 0) is 26.6 Å². The summed E-state index contributed by atoms with van der Waals surface area (Å²) in [6.07, 6.45) is 0.836. The summed E-state index contributed by atoms with van der Waals surface area (Å²) >= 11 is 5.26. The third kappa shape index (κ3) is 2.68. The zero-order chi connectivity index (χ0) is 13.4. The van der Waals surface area contributed by atoms with Crippen LogP contribution >= 0.6 is 27.3 Å². The quantitative estimate of drug-likeness (QED) is 0.829. The minimum absolute atomic E-state index is 0.00396. The van der Waals surface area contributed by atoms with Crippen LogP contribution in [0.25, 0.3) is 0 Å². The molecular formula is C12H15BrN4OS. The van der Waals surface area contributed by atoms with E-state index in [0.29, 0.717) is 0 Å². The van der Waals surface area contributed by atoms with Gasteiger partial charge in [-0.2, -0.15) is 5.10 Å². The van der Waals surface area contributed by atoms with Crippen LogP contribution in [-0.4, -0.2) is 32.3 Å². The van der Waals surface area contributed by atoms with Gasteiger partial charge in [-0.15, -0.1) is 11.3 Å². The van der Waals surface area contributed by atoms with E-state index in [1.165, 1.54) is 13.3 Å². The molecule has 0 fully saturated rings. The van der Waals surface area contributed by atoms with Crippen LogP contribution in [0.1, 0.15) is 10.7 Å². The largest absolute Gasteiger partial charge is 0.345 e. The topological polar surface area (TPSA) is 43.1 Å². The average Bonchev–Trinajstić information content (AvgIpc) is 2.82. The first kappa shape index (κ1) is 13.1. The van der Waals surface area contributed by atoms with Gasteiger partial charge in [0.05, 0.1) is 3.79 Å². The number of nitrogens with zero attached hydrogens (tertiary/aromatic N) is 4. The minimum atomic E-state index is -0.00396. The number of hydrogen-bond acceptors (Lipinski definition) is 4. The monoisotopic (exact) mass is 342 g/mol. The number of halogens is 1. The van der Waals surface area contributed by atoms with Gasteiger partial charge in [0.25, 0.3) is 0 Å². The fraction of sp³-hybridized carbons (Fsp3) is 0.500. The number of thiophene rings is 1. The van der Waals surface area contributed by atoms with Crippen molar-refractivity contribution in [3.63, 3.8) is 0 Å². The van der Waals surface area contributed by atoms with Crippen LogP contribution in [0.15, 0.2) is 20.7 Å². The molecule has 1 aliphatic rings. The van der Waals surface area contributed by atoms with E-state index >= 15 is 0 Å². The van der Waals surface area contributed by atoms with E-state index in [2.05, 4.69) is 38.1 Å². The van der Waals surface area contributed by atoms with Crippen molar-refractivity contribution in [2.24, 2.45) is 7.05 Å². The summed E-state index contributed by atoms with van der Waals surface area (Å²) in [5.41, 5.74) is -0.00396. The van der Waals surface area contributed by atoms with Gasteiger partial charge in [0.15, 0.2) is 0 Å². The van der Waals surface area contributed by atoms with Crippen molar-refractivity contribution < 1.29 is 0 Å². The number of aryl methyl sites for hydroxylation is 1. The summed E-state index contributed by atoms with van der Waals surface area (Å²) < 4.78 is 4.39. The maximum absolute atomic E-state index is 11.9. The highest BCUT2D eigenvalue weighted by atomic mass is 79.9. The van der Waals surface area contributed by atoms with Crippen molar-refractivity contribution in [2.45, 2.75) is 19.5 Å². The molecule has 0 radical (unpaired) electrons. The number of rotatable bonds is 2. The smallest absolute Gasteiger partial charge is 0.296 e. The Labute approximate surface area is 123 Å². The lowest BCUT2D eigenvalue weighted by Crippen LogP contribution is -2.29. The molecule has 0 saturated heterocycles. The maximum Gasteiger partial charge on any atom is 0.345 e. The summed E-state index contributed by atoms with van der Waals surface area (Å²) in [5, 5.41) is 4.29. The molecule has 5 nitrogen and oxygen atoms in total. The Morgan fingerprint density at radius 2 is 2.21 bits per heavy atom. The van der Waals surface area contributed by atoms with Gasteiger partial charge in [-0.05, 0) is 28.1 Å². The predicted octanol–water partition coefficient (Wildman–Crippen LogP) is 1.46. The molecule has 1 aliphatic heterocycles. The van der Waals surface area contributed by atoms with Gasteiger partial charge in [0.2, 0.25) is 0 Å². The molecule has 0 saturated carbocycles. The Hall–Kier alpha value is -0.920. The van der Waals surface area contributed by atoms with E-state index in [1.54, 1.807) is 23.0 Å². The van der Waals surface area contributed by atoms with Crippen molar-refractivity contribution in [1.82, 2.24) is 19.2 Å². The SMILES string of the molecule is Cn1nc2n(c1=O)CCN(Cc1ccc(Br)s1)CC2. The van der Waals surface area contributed by atoms with Crippen molar-refractivity contribution in [1.29, 1.82) is 0 Å². The molecule has 3 rings (SSSR count). The molecular weight excluding hydrogens is 328 g/mol. The molecule has 7 heteroatoms. The Morgan fingerprint density at radius 3 is 2.95 bits per heavy atom. The molecule has 19 heavy (non-hydrogen) atoms. The van der Waals surface area contributed by atoms with Gasteiger partial charge in [-0.25, -0.2) is 9.48 Å². The molecule has 3 heterocycles. The van der Waals surface area contributed by atoms with E-state index in [-0.39, 0.29) is 5.69 Å². The summed E-state index contributed by atoms with van der Waals surface area (Å²) in [6.45, 7) is 3.52. The number of hydrogen-bond donors (Lipinski definition) is 0. The molecule has 2 aromatic heterocycles. The predicted molar refractivity (Wildman–Crippen MR) is 78.5 cm³/mol. The third-order valence-electron chi connectivity index (χ3n) is 3.38. The van der Waals surface area contributed by atoms with Gasteiger partial charge >= 0.3 is 5.69 Å².